The third-order valence-electron chi connectivity index (χ3n) is 5.28. The van der Waals surface area contributed by atoms with E-state index in [0.29, 0.717) is 16.9 Å². The van der Waals surface area contributed by atoms with Crippen molar-refractivity contribution < 1.29 is 36.8 Å². The lowest BCUT2D eigenvalue weighted by Gasteiger charge is -2.47. The van der Waals surface area contributed by atoms with Gasteiger partial charge in [-0.1, -0.05) is 36.4 Å². The van der Waals surface area contributed by atoms with Gasteiger partial charge in [-0.25, -0.2) is 0 Å². The molecule has 0 fully saturated rings. The highest BCUT2D eigenvalue weighted by Gasteiger charge is 2.58. The van der Waals surface area contributed by atoms with Gasteiger partial charge in [0.2, 0.25) is 0 Å². The van der Waals surface area contributed by atoms with Gasteiger partial charge in [0.15, 0.2) is 11.9 Å². The van der Waals surface area contributed by atoms with Crippen molar-refractivity contribution in [3.05, 3.63) is 65.7 Å². The van der Waals surface area contributed by atoms with Crippen molar-refractivity contribution >= 4 is 32.8 Å². The molecule has 0 bridgehead atoms. The van der Waals surface area contributed by atoms with Gasteiger partial charge in [-0.3, -0.25) is 4.55 Å². The standard InChI is InChI=1S/C20H15ClO8S/c21-17-18(22)16-11(6-3-9-14(16)29-30(24,25)26)20(19(17)23)27-12-7-1-4-10-5-2-8-13(28-20)15(10)12/h1-9,17-19,22-23H,(H,24,25,26). The summed E-state index contributed by atoms with van der Waals surface area (Å²) in [6.07, 6.45) is -3.06. The summed E-state index contributed by atoms with van der Waals surface area (Å²) in [4.78, 5) is 0. The monoisotopic (exact) mass is 450 g/mol. The first kappa shape index (κ1) is 19.4. The van der Waals surface area contributed by atoms with Gasteiger partial charge in [0.1, 0.15) is 17.6 Å². The molecule has 156 valence electrons. The average Bonchev–Trinajstić information content (AvgIpc) is 2.70. The number of hydrogen-bond acceptors (Lipinski definition) is 7. The Morgan fingerprint density at radius 2 is 1.57 bits per heavy atom. The van der Waals surface area contributed by atoms with E-state index in [1.165, 1.54) is 18.2 Å². The molecule has 1 spiro atoms. The number of aliphatic hydroxyl groups excluding tert-OH is 2. The van der Waals surface area contributed by atoms with Crippen LogP contribution in [-0.4, -0.2) is 34.7 Å². The topological polar surface area (TPSA) is 123 Å². The number of fused-ring (bicyclic) bond motifs is 2. The number of benzene rings is 3. The van der Waals surface area contributed by atoms with Crippen LogP contribution in [0.5, 0.6) is 17.2 Å². The maximum absolute atomic E-state index is 11.3. The Morgan fingerprint density at radius 1 is 0.967 bits per heavy atom. The van der Waals surface area contributed by atoms with E-state index in [9.17, 15) is 18.6 Å². The molecule has 1 heterocycles. The molecule has 3 unspecified atom stereocenters. The number of halogens is 1. The van der Waals surface area contributed by atoms with Gasteiger partial charge in [-0.2, -0.15) is 8.42 Å². The summed E-state index contributed by atoms with van der Waals surface area (Å²) < 4.78 is 48.7. The van der Waals surface area contributed by atoms with Crippen LogP contribution in [0.1, 0.15) is 17.2 Å². The molecule has 0 aromatic heterocycles. The number of rotatable bonds is 2. The lowest BCUT2D eigenvalue weighted by Crippen LogP contribution is -2.59. The minimum Gasteiger partial charge on any atom is -0.445 e. The van der Waals surface area contributed by atoms with E-state index in [0.717, 1.165) is 5.39 Å². The average molecular weight is 451 g/mol. The van der Waals surface area contributed by atoms with Gasteiger partial charge in [0, 0.05) is 11.1 Å². The smallest absolute Gasteiger partial charge is 0.445 e. The molecule has 30 heavy (non-hydrogen) atoms. The van der Waals surface area contributed by atoms with Gasteiger partial charge in [0.05, 0.1) is 10.8 Å². The number of ether oxygens (including phenoxy) is 2. The molecule has 1 aliphatic heterocycles. The first-order chi connectivity index (χ1) is 14.2. The van der Waals surface area contributed by atoms with Crippen LogP contribution < -0.4 is 13.7 Å². The maximum Gasteiger partial charge on any atom is 0.446 e. The van der Waals surface area contributed by atoms with Crippen molar-refractivity contribution in [2.75, 3.05) is 0 Å². The Morgan fingerprint density at radius 3 is 2.17 bits per heavy atom. The van der Waals surface area contributed by atoms with Gasteiger partial charge < -0.3 is 23.9 Å². The van der Waals surface area contributed by atoms with Crippen LogP contribution in [0, 0.1) is 0 Å². The predicted molar refractivity (Wildman–Crippen MR) is 106 cm³/mol. The Labute approximate surface area is 176 Å². The highest BCUT2D eigenvalue weighted by Crippen LogP contribution is 2.53. The van der Waals surface area contributed by atoms with E-state index < -0.39 is 33.8 Å². The Kier molecular flexibility index (Phi) is 4.18. The summed E-state index contributed by atoms with van der Waals surface area (Å²) in [5.74, 6) is -1.41. The molecular formula is C20H15ClO8S. The van der Waals surface area contributed by atoms with Gasteiger partial charge in [-0.05, 0) is 23.6 Å². The minimum atomic E-state index is -4.89. The summed E-state index contributed by atoms with van der Waals surface area (Å²) in [7, 11) is -4.89. The molecule has 3 N–H and O–H groups in total. The second-order valence-electron chi connectivity index (χ2n) is 7.04. The largest absolute Gasteiger partial charge is 0.446 e. The molecule has 3 aromatic rings. The molecule has 3 aromatic carbocycles. The van der Waals surface area contributed by atoms with E-state index in [1.54, 1.807) is 24.3 Å². The van der Waals surface area contributed by atoms with Crippen LogP contribution in [0.3, 0.4) is 0 Å². The van der Waals surface area contributed by atoms with E-state index in [-0.39, 0.29) is 16.9 Å². The number of alkyl halides is 1. The van der Waals surface area contributed by atoms with Crippen molar-refractivity contribution in [1.29, 1.82) is 0 Å². The zero-order chi connectivity index (χ0) is 21.3. The second kappa shape index (κ2) is 6.47. The van der Waals surface area contributed by atoms with Gasteiger partial charge in [0.25, 0.3) is 0 Å². The van der Waals surface area contributed by atoms with Crippen LogP contribution >= 0.6 is 11.6 Å². The first-order valence-corrected chi connectivity index (χ1v) is 10.7. The molecule has 3 atom stereocenters. The second-order valence-corrected chi connectivity index (χ2v) is 8.57. The Hall–Kier alpha value is -2.56. The fraction of sp³-hybridized carbons (Fsp3) is 0.200. The summed E-state index contributed by atoms with van der Waals surface area (Å²) in [6, 6.07) is 14.9. The molecule has 5 rings (SSSR count). The zero-order valence-electron chi connectivity index (χ0n) is 15.1. The lowest BCUT2D eigenvalue weighted by atomic mass is 9.81. The molecule has 10 heteroatoms. The normalized spacial score (nSPS) is 24.1. The molecule has 2 aliphatic rings. The molecule has 8 nitrogen and oxygen atoms in total. The zero-order valence-corrected chi connectivity index (χ0v) is 16.7. The summed E-state index contributed by atoms with van der Waals surface area (Å²) in [6.45, 7) is 0. The number of hydrogen-bond donors (Lipinski definition) is 3. The minimum absolute atomic E-state index is 0.0769. The molecule has 0 radical (unpaired) electrons. The Balaban J connectivity index is 1.76. The molecular weight excluding hydrogens is 436 g/mol. The Bertz CT molecular complexity index is 1230. The van der Waals surface area contributed by atoms with E-state index in [1.807, 2.05) is 12.1 Å². The fourth-order valence-corrected chi connectivity index (χ4v) is 4.73. The molecule has 0 saturated heterocycles. The SMILES string of the molecule is O=S(=O)(O)Oc1cccc2c1C(O)C(Cl)C(O)C21Oc2cccc3cccc(c23)O1. The van der Waals surface area contributed by atoms with Gasteiger partial charge >= 0.3 is 16.2 Å². The predicted octanol–water partition coefficient (Wildman–Crippen LogP) is 2.66. The maximum atomic E-state index is 11.3. The fourth-order valence-electron chi connectivity index (χ4n) is 4.06. The van der Waals surface area contributed by atoms with E-state index in [2.05, 4.69) is 4.18 Å². The van der Waals surface area contributed by atoms with Crippen LogP contribution in [0.15, 0.2) is 54.6 Å². The molecule has 1 aliphatic carbocycles. The summed E-state index contributed by atoms with van der Waals surface area (Å²) in [5.41, 5.74) is 0.0408. The van der Waals surface area contributed by atoms with E-state index in [4.69, 9.17) is 25.6 Å². The quantitative estimate of drug-likeness (QED) is 0.402. The van der Waals surface area contributed by atoms with Crippen LogP contribution in [0.4, 0.5) is 0 Å². The number of aliphatic hydroxyl groups is 2. The van der Waals surface area contributed by atoms with Crippen LogP contribution in [-0.2, 0) is 16.2 Å². The molecule has 0 amide bonds. The molecule has 0 saturated carbocycles. The summed E-state index contributed by atoms with van der Waals surface area (Å²) in [5, 5.41) is 21.9. The lowest BCUT2D eigenvalue weighted by molar-refractivity contribution is -0.212. The van der Waals surface area contributed by atoms with Crippen molar-refractivity contribution in [3.8, 4) is 17.2 Å². The van der Waals surface area contributed by atoms with Gasteiger partial charge in [-0.15, -0.1) is 11.6 Å². The van der Waals surface area contributed by atoms with Crippen molar-refractivity contribution in [1.82, 2.24) is 0 Å². The van der Waals surface area contributed by atoms with Crippen LogP contribution in [0.2, 0.25) is 0 Å². The van der Waals surface area contributed by atoms with Crippen LogP contribution in [0.25, 0.3) is 10.8 Å². The van der Waals surface area contributed by atoms with Crippen molar-refractivity contribution in [2.45, 2.75) is 23.4 Å². The highest BCUT2D eigenvalue weighted by molar-refractivity contribution is 7.81. The van der Waals surface area contributed by atoms with Crippen molar-refractivity contribution in [2.24, 2.45) is 0 Å². The summed E-state index contributed by atoms with van der Waals surface area (Å²) >= 11 is 6.31. The first-order valence-electron chi connectivity index (χ1n) is 8.91. The third-order valence-corrected chi connectivity index (χ3v) is 6.14. The van der Waals surface area contributed by atoms with E-state index >= 15 is 0 Å². The highest BCUT2D eigenvalue weighted by atomic mass is 35.5. The van der Waals surface area contributed by atoms with Crippen molar-refractivity contribution in [3.63, 3.8) is 0 Å². The third kappa shape index (κ3) is 2.74.